The lowest BCUT2D eigenvalue weighted by atomic mass is 10.2. The van der Waals surface area contributed by atoms with E-state index in [1.165, 1.54) is 6.07 Å². The van der Waals surface area contributed by atoms with Crippen molar-refractivity contribution in [3.63, 3.8) is 0 Å². The lowest BCUT2D eigenvalue weighted by Gasteiger charge is -2.14. The maximum absolute atomic E-state index is 13.6. The highest BCUT2D eigenvalue weighted by Crippen LogP contribution is 2.25. The number of benzene rings is 2. The van der Waals surface area contributed by atoms with Crippen LogP contribution in [-0.4, -0.2) is 12.0 Å². The monoisotopic (exact) mass is 317 g/mol. The molecule has 0 radical (unpaired) electrons. The van der Waals surface area contributed by atoms with E-state index in [4.69, 9.17) is 4.74 Å². The molecule has 0 bridgehead atoms. The van der Waals surface area contributed by atoms with E-state index in [1.807, 2.05) is 0 Å². The van der Waals surface area contributed by atoms with Crippen LogP contribution in [-0.2, 0) is 0 Å². The number of amides is 1. The lowest BCUT2D eigenvalue weighted by molar-refractivity contribution is 0.102. The summed E-state index contributed by atoms with van der Waals surface area (Å²) < 4.78 is 33.0. The summed E-state index contributed by atoms with van der Waals surface area (Å²) in [5.41, 5.74) is -0.150. The molecular formula is C18H17F2NO2. The Kier molecular flexibility index (Phi) is 4.55. The first-order valence-electron chi connectivity index (χ1n) is 7.65. The van der Waals surface area contributed by atoms with Gasteiger partial charge in [-0.15, -0.1) is 0 Å². The smallest absolute Gasteiger partial charge is 0.255 e. The van der Waals surface area contributed by atoms with Crippen LogP contribution in [0.25, 0.3) is 0 Å². The van der Waals surface area contributed by atoms with E-state index >= 15 is 0 Å². The van der Waals surface area contributed by atoms with Crippen LogP contribution in [0.3, 0.4) is 0 Å². The number of carbonyl (C=O) groups excluding carboxylic acids is 1. The van der Waals surface area contributed by atoms with Crippen molar-refractivity contribution < 1.29 is 18.3 Å². The van der Waals surface area contributed by atoms with Gasteiger partial charge in [-0.2, -0.15) is 0 Å². The molecule has 5 heteroatoms. The number of anilines is 1. The second kappa shape index (κ2) is 6.77. The van der Waals surface area contributed by atoms with E-state index in [-0.39, 0.29) is 6.10 Å². The van der Waals surface area contributed by atoms with Crippen molar-refractivity contribution in [3.8, 4) is 5.75 Å². The molecule has 0 aliphatic heterocycles. The second-order valence-corrected chi connectivity index (χ2v) is 5.60. The zero-order valence-corrected chi connectivity index (χ0v) is 12.5. The van der Waals surface area contributed by atoms with Crippen molar-refractivity contribution in [2.24, 2.45) is 0 Å². The van der Waals surface area contributed by atoms with E-state index in [1.54, 1.807) is 24.3 Å². The Morgan fingerprint density at radius 2 is 1.70 bits per heavy atom. The van der Waals surface area contributed by atoms with Crippen molar-refractivity contribution in [1.82, 2.24) is 0 Å². The standard InChI is InChI=1S/C18H17F2NO2/c19-15-9-4-10-16(20)17(15)21-18(22)12-5-3-8-14(11-12)23-13-6-1-2-7-13/h3-5,8-11,13H,1-2,6-7H2,(H,21,22). The molecule has 0 unspecified atom stereocenters. The van der Waals surface area contributed by atoms with Gasteiger partial charge < -0.3 is 10.1 Å². The van der Waals surface area contributed by atoms with Crippen molar-refractivity contribution in [3.05, 3.63) is 59.7 Å². The van der Waals surface area contributed by atoms with Crippen LogP contribution < -0.4 is 10.1 Å². The molecule has 23 heavy (non-hydrogen) atoms. The molecule has 1 aliphatic rings. The topological polar surface area (TPSA) is 38.3 Å². The van der Waals surface area contributed by atoms with Crippen LogP contribution in [0.15, 0.2) is 42.5 Å². The minimum atomic E-state index is -0.809. The van der Waals surface area contributed by atoms with Gasteiger partial charge >= 0.3 is 0 Å². The molecule has 0 heterocycles. The van der Waals surface area contributed by atoms with E-state index in [2.05, 4.69) is 5.32 Å². The Bertz CT molecular complexity index is 692. The summed E-state index contributed by atoms with van der Waals surface area (Å²) in [6.45, 7) is 0. The van der Waals surface area contributed by atoms with Crippen LogP contribution in [0, 0.1) is 11.6 Å². The van der Waals surface area contributed by atoms with Crippen molar-refractivity contribution in [2.45, 2.75) is 31.8 Å². The third-order valence-electron chi connectivity index (χ3n) is 3.90. The number of carbonyl (C=O) groups is 1. The van der Waals surface area contributed by atoms with E-state index in [9.17, 15) is 13.6 Å². The highest BCUT2D eigenvalue weighted by Gasteiger charge is 2.18. The first-order valence-corrected chi connectivity index (χ1v) is 7.65. The summed E-state index contributed by atoms with van der Waals surface area (Å²) in [4.78, 5) is 12.2. The van der Waals surface area contributed by atoms with Crippen molar-refractivity contribution in [1.29, 1.82) is 0 Å². The van der Waals surface area contributed by atoms with Crippen molar-refractivity contribution in [2.75, 3.05) is 5.32 Å². The third-order valence-corrected chi connectivity index (χ3v) is 3.90. The molecule has 120 valence electrons. The highest BCUT2D eigenvalue weighted by molar-refractivity contribution is 6.04. The zero-order chi connectivity index (χ0) is 16.2. The number of para-hydroxylation sites is 1. The van der Waals surface area contributed by atoms with Crippen LogP contribution in [0.1, 0.15) is 36.0 Å². The van der Waals surface area contributed by atoms with Gasteiger partial charge in [0.05, 0.1) is 6.10 Å². The van der Waals surface area contributed by atoms with Gasteiger partial charge in [0.2, 0.25) is 0 Å². The fourth-order valence-corrected chi connectivity index (χ4v) is 2.71. The van der Waals surface area contributed by atoms with Gasteiger partial charge in [-0.05, 0) is 56.0 Å². The summed E-state index contributed by atoms with van der Waals surface area (Å²) in [6, 6.07) is 10.1. The average Bonchev–Trinajstić information content (AvgIpc) is 3.04. The summed E-state index contributed by atoms with van der Waals surface area (Å²) in [5.74, 6) is -1.60. The fraction of sp³-hybridized carbons (Fsp3) is 0.278. The zero-order valence-electron chi connectivity index (χ0n) is 12.5. The summed E-state index contributed by atoms with van der Waals surface area (Å²) in [5, 5.41) is 2.27. The molecular weight excluding hydrogens is 300 g/mol. The lowest BCUT2D eigenvalue weighted by Crippen LogP contribution is -2.15. The largest absolute Gasteiger partial charge is 0.490 e. The molecule has 0 spiro atoms. The Morgan fingerprint density at radius 3 is 2.39 bits per heavy atom. The molecule has 1 amide bonds. The number of halogens is 2. The van der Waals surface area contributed by atoms with E-state index in [0.717, 1.165) is 37.8 Å². The average molecular weight is 317 g/mol. The number of rotatable bonds is 4. The number of hydrogen-bond acceptors (Lipinski definition) is 2. The second-order valence-electron chi connectivity index (χ2n) is 5.60. The number of hydrogen-bond donors (Lipinski definition) is 1. The maximum Gasteiger partial charge on any atom is 0.255 e. The highest BCUT2D eigenvalue weighted by atomic mass is 19.1. The molecule has 1 aliphatic carbocycles. The van der Waals surface area contributed by atoms with E-state index < -0.39 is 23.2 Å². The van der Waals surface area contributed by atoms with Gasteiger partial charge in [0, 0.05) is 5.56 Å². The normalized spacial score (nSPS) is 14.7. The van der Waals surface area contributed by atoms with Crippen molar-refractivity contribution >= 4 is 11.6 Å². The minimum Gasteiger partial charge on any atom is -0.490 e. The summed E-state index contributed by atoms with van der Waals surface area (Å²) >= 11 is 0. The van der Waals surface area contributed by atoms with Crippen LogP contribution in [0.5, 0.6) is 5.75 Å². The summed E-state index contributed by atoms with van der Waals surface area (Å²) in [6.07, 6.45) is 4.50. The molecule has 3 nitrogen and oxygen atoms in total. The molecule has 0 atom stereocenters. The Hall–Kier alpha value is -2.43. The van der Waals surface area contributed by atoms with Crippen LogP contribution in [0.2, 0.25) is 0 Å². The van der Waals surface area contributed by atoms with Gasteiger partial charge in [0.1, 0.15) is 23.1 Å². The van der Waals surface area contributed by atoms with E-state index in [0.29, 0.717) is 11.3 Å². The molecule has 1 N–H and O–H groups in total. The summed E-state index contributed by atoms with van der Waals surface area (Å²) in [7, 11) is 0. The van der Waals surface area contributed by atoms with Gasteiger partial charge in [0.15, 0.2) is 0 Å². The molecule has 1 fully saturated rings. The third kappa shape index (κ3) is 3.67. The first-order chi connectivity index (χ1) is 11.1. The Balaban J connectivity index is 1.74. The predicted molar refractivity (Wildman–Crippen MR) is 83.6 cm³/mol. The SMILES string of the molecule is O=C(Nc1c(F)cccc1F)c1cccc(OC2CCCC2)c1. The quantitative estimate of drug-likeness (QED) is 0.899. The van der Waals surface area contributed by atoms with Gasteiger partial charge in [-0.25, -0.2) is 8.78 Å². The Morgan fingerprint density at radius 1 is 1.04 bits per heavy atom. The molecule has 2 aromatic carbocycles. The number of ether oxygens (including phenoxy) is 1. The van der Waals surface area contributed by atoms with Gasteiger partial charge in [-0.1, -0.05) is 12.1 Å². The predicted octanol–water partition coefficient (Wildman–Crippen LogP) is 4.54. The van der Waals surface area contributed by atoms with Crippen LogP contribution >= 0.6 is 0 Å². The number of nitrogens with one attached hydrogen (secondary N) is 1. The van der Waals surface area contributed by atoms with Gasteiger partial charge in [-0.3, -0.25) is 4.79 Å². The minimum absolute atomic E-state index is 0.178. The van der Waals surface area contributed by atoms with Gasteiger partial charge in [0.25, 0.3) is 5.91 Å². The molecule has 0 aromatic heterocycles. The molecule has 2 aromatic rings. The van der Waals surface area contributed by atoms with Crippen LogP contribution in [0.4, 0.5) is 14.5 Å². The molecule has 3 rings (SSSR count). The molecule has 1 saturated carbocycles. The Labute approximate surface area is 133 Å². The molecule has 0 saturated heterocycles. The first kappa shape index (κ1) is 15.5. The fourth-order valence-electron chi connectivity index (χ4n) is 2.71. The maximum atomic E-state index is 13.6.